The van der Waals surface area contributed by atoms with Crippen LogP contribution in [0.15, 0.2) is 35.4 Å². The zero-order valence-electron chi connectivity index (χ0n) is 8.38. The average Bonchev–Trinajstić information content (AvgIpc) is 2.62. The van der Waals surface area contributed by atoms with Crippen LogP contribution in [0.4, 0.5) is 4.39 Å². The first-order valence-corrected chi connectivity index (χ1v) is 5.01. The maximum Gasteiger partial charge on any atom is 0.122 e. The van der Waals surface area contributed by atoms with Gasteiger partial charge in [0.2, 0.25) is 0 Å². The minimum atomic E-state index is -0.820. The molecule has 0 saturated carbocycles. The third kappa shape index (κ3) is 2.09. The van der Waals surface area contributed by atoms with Crippen molar-refractivity contribution < 1.29 is 4.39 Å². The fourth-order valence-corrected chi connectivity index (χ4v) is 1.97. The number of benzene rings is 1. The van der Waals surface area contributed by atoms with E-state index in [2.05, 4.69) is 5.10 Å². The summed E-state index contributed by atoms with van der Waals surface area (Å²) in [6.45, 7) is 0.327. The van der Waals surface area contributed by atoms with Crippen molar-refractivity contribution in [1.82, 2.24) is 5.01 Å². The van der Waals surface area contributed by atoms with Gasteiger partial charge in [-0.05, 0) is 5.56 Å². The van der Waals surface area contributed by atoms with Gasteiger partial charge in [0.25, 0.3) is 0 Å². The quantitative estimate of drug-likeness (QED) is 0.592. The van der Waals surface area contributed by atoms with E-state index in [1.165, 1.54) is 6.34 Å². The van der Waals surface area contributed by atoms with Gasteiger partial charge in [0.05, 0.1) is 12.6 Å². The standard InChI is InChI=1S/C11H14FN3/c12-10-6-11(15(7-10)14-8-13)9-4-2-1-3-5-9/h1-5,8,10-11H,6-7H2,(H2,13,14). The van der Waals surface area contributed by atoms with Gasteiger partial charge in [-0.25, -0.2) is 4.39 Å². The molecule has 2 unspecified atom stereocenters. The lowest BCUT2D eigenvalue weighted by atomic mass is 10.1. The maximum atomic E-state index is 13.3. The molecule has 0 aliphatic carbocycles. The Morgan fingerprint density at radius 3 is 2.80 bits per heavy atom. The van der Waals surface area contributed by atoms with E-state index < -0.39 is 6.17 Å². The zero-order chi connectivity index (χ0) is 10.7. The summed E-state index contributed by atoms with van der Waals surface area (Å²) in [6.07, 6.45) is 0.883. The molecule has 1 aliphatic heterocycles. The third-order valence-corrected chi connectivity index (χ3v) is 2.62. The van der Waals surface area contributed by atoms with E-state index in [9.17, 15) is 4.39 Å². The summed E-state index contributed by atoms with van der Waals surface area (Å²) in [5, 5.41) is 5.69. The molecule has 0 amide bonds. The summed E-state index contributed by atoms with van der Waals surface area (Å²) in [5.41, 5.74) is 6.32. The van der Waals surface area contributed by atoms with Crippen molar-refractivity contribution in [2.45, 2.75) is 18.6 Å². The van der Waals surface area contributed by atoms with Gasteiger partial charge in [-0.3, -0.25) is 5.01 Å². The minimum absolute atomic E-state index is 0.0148. The largest absolute Gasteiger partial charge is 0.388 e. The molecule has 1 fully saturated rings. The molecule has 2 N–H and O–H groups in total. The van der Waals surface area contributed by atoms with Gasteiger partial charge in [0, 0.05) is 6.42 Å². The molecule has 80 valence electrons. The number of rotatable bonds is 2. The number of hydrogen-bond acceptors (Lipinski definition) is 2. The molecule has 3 nitrogen and oxygen atoms in total. The molecule has 0 bridgehead atoms. The van der Waals surface area contributed by atoms with Crippen LogP contribution in [0.3, 0.4) is 0 Å². The monoisotopic (exact) mass is 207 g/mol. The molecule has 1 aliphatic rings. The summed E-state index contributed by atoms with van der Waals surface area (Å²) >= 11 is 0. The van der Waals surface area contributed by atoms with Crippen LogP contribution >= 0.6 is 0 Å². The van der Waals surface area contributed by atoms with E-state index >= 15 is 0 Å². The average molecular weight is 207 g/mol. The third-order valence-electron chi connectivity index (χ3n) is 2.62. The van der Waals surface area contributed by atoms with E-state index in [1.807, 2.05) is 30.3 Å². The van der Waals surface area contributed by atoms with Gasteiger partial charge in [-0.1, -0.05) is 30.3 Å². The molecule has 1 saturated heterocycles. The Hall–Kier alpha value is -1.58. The number of halogens is 1. The molecule has 4 heteroatoms. The minimum Gasteiger partial charge on any atom is -0.388 e. The van der Waals surface area contributed by atoms with Crippen molar-refractivity contribution in [2.75, 3.05) is 6.54 Å². The van der Waals surface area contributed by atoms with Crippen LogP contribution in [-0.4, -0.2) is 24.1 Å². The van der Waals surface area contributed by atoms with Crippen molar-refractivity contribution in [3.05, 3.63) is 35.9 Å². The van der Waals surface area contributed by atoms with Crippen molar-refractivity contribution in [3.63, 3.8) is 0 Å². The predicted molar refractivity (Wildman–Crippen MR) is 58.1 cm³/mol. The molecule has 2 rings (SSSR count). The van der Waals surface area contributed by atoms with Crippen LogP contribution in [0.2, 0.25) is 0 Å². The van der Waals surface area contributed by atoms with Gasteiger partial charge in [-0.15, -0.1) is 0 Å². The number of nitrogens with zero attached hydrogens (tertiary/aromatic N) is 2. The van der Waals surface area contributed by atoms with Crippen molar-refractivity contribution >= 4 is 6.34 Å². The molecule has 0 radical (unpaired) electrons. The van der Waals surface area contributed by atoms with Gasteiger partial charge < -0.3 is 5.73 Å². The van der Waals surface area contributed by atoms with E-state index in [1.54, 1.807) is 5.01 Å². The summed E-state index contributed by atoms with van der Waals surface area (Å²) in [6, 6.07) is 9.84. The van der Waals surface area contributed by atoms with E-state index in [-0.39, 0.29) is 6.04 Å². The number of hydrogen-bond donors (Lipinski definition) is 1. The van der Waals surface area contributed by atoms with Crippen molar-refractivity contribution in [3.8, 4) is 0 Å². The molecule has 2 atom stereocenters. The molecular weight excluding hydrogens is 193 g/mol. The summed E-state index contributed by atoms with van der Waals surface area (Å²) in [7, 11) is 0. The van der Waals surface area contributed by atoms with Crippen LogP contribution in [-0.2, 0) is 0 Å². The SMILES string of the molecule is N/C=N/N1CC(F)CC1c1ccccc1. The lowest BCUT2D eigenvalue weighted by molar-refractivity contribution is 0.258. The maximum absolute atomic E-state index is 13.3. The van der Waals surface area contributed by atoms with E-state index in [0.29, 0.717) is 13.0 Å². The zero-order valence-corrected chi connectivity index (χ0v) is 8.38. The topological polar surface area (TPSA) is 41.6 Å². The first-order chi connectivity index (χ1) is 7.31. The van der Waals surface area contributed by atoms with Gasteiger partial charge >= 0.3 is 0 Å². The highest BCUT2D eigenvalue weighted by Gasteiger charge is 2.32. The van der Waals surface area contributed by atoms with Crippen molar-refractivity contribution in [2.24, 2.45) is 10.8 Å². The fourth-order valence-electron chi connectivity index (χ4n) is 1.97. The first-order valence-electron chi connectivity index (χ1n) is 5.01. The Balaban J connectivity index is 2.20. The number of nitrogens with two attached hydrogens (primary N) is 1. The van der Waals surface area contributed by atoms with Crippen LogP contribution in [0, 0.1) is 0 Å². The lowest BCUT2D eigenvalue weighted by Gasteiger charge is -2.20. The molecule has 1 heterocycles. The predicted octanol–water partition coefficient (Wildman–Crippen LogP) is 1.67. The molecule has 0 spiro atoms. The second kappa shape index (κ2) is 4.29. The number of alkyl halides is 1. The second-order valence-corrected chi connectivity index (χ2v) is 3.65. The van der Waals surface area contributed by atoms with Crippen molar-refractivity contribution in [1.29, 1.82) is 0 Å². The lowest BCUT2D eigenvalue weighted by Crippen LogP contribution is -2.19. The van der Waals surface area contributed by atoms with Gasteiger partial charge in [0.15, 0.2) is 0 Å². The fraction of sp³-hybridized carbons (Fsp3) is 0.364. The summed E-state index contributed by atoms with van der Waals surface area (Å²) in [5.74, 6) is 0. The Kier molecular flexibility index (Phi) is 2.85. The number of hydrazone groups is 1. The molecule has 1 aromatic rings. The van der Waals surface area contributed by atoms with Crippen LogP contribution in [0.1, 0.15) is 18.0 Å². The first kappa shape index (κ1) is 9.96. The van der Waals surface area contributed by atoms with E-state index in [4.69, 9.17) is 5.73 Å². The Morgan fingerprint density at radius 2 is 2.13 bits per heavy atom. The van der Waals surface area contributed by atoms with Gasteiger partial charge in [0.1, 0.15) is 12.5 Å². The normalized spacial score (nSPS) is 26.3. The Morgan fingerprint density at radius 1 is 1.40 bits per heavy atom. The highest BCUT2D eigenvalue weighted by Crippen LogP contribution is 2.33. The molecule has 0 aromatic heterocycles. The smallest absolute Gasteiger partial charge is 0.122 e. The van der Waals surface area contributed by atoms with E-state index in [0.717, 1.165) is 5.56 Å². The molecule has 15 heavy (non-hydrogen) atoms. The summed E-state index contributed by atoms with van der Waals surface area (Å²) in [4.78, 5) is 0. The highest BCUT2D eigenvalue weighted by molar-refractivity contribution is 5.50. The molecular formula is C11H14FN3. The highest BCUT2D eigenvalue weighted by atomic mass is 19.1. The second-order valence-electron chi connectivity index (χ2n) is 3.65. The van der Waals surface area contributed by atoms with Gasteiger partial charge in [-0.2, -0.15) is 5.10 Å². The summed E-state index contributed by atoms with van der Waals surface area (Å²) < 4.78 is 13.3. The van der Waals surface area contributed by atoms with Crippen LogP contribution < -0.4 is 5.73 Å². The van der Waals surface area contributed by atoms with Crippen LogP contribution in [0.5, 0.6) is 0 Å². The molecule has 1 aromatic carbocycles. The Bertz CT molecular complexity index is 339. The Labute approximate surface area is 88.4 Å². The van der Waals surface area contributed by atoms with Crippen LogP contribution in [0.25, 0.3) is 0 Å².